The van der Waals surface area contributed by atoms with E-state index in [9.17, 15) is 14.7 Å². The van der Waals surface area contributed by atoms with Crippen molar-refractivity contribution in [2.24, 2.45) is 0 Å². The van der Waals surface area contributed by atoms with Gasteiger partial charge in [-0.15, -0.1) is 0 Å². The topological polar surface area (TPSA) is 78.9 Å². The highest BCUT2D eigenvalue weighted by Crippen LogP contribution is 2.35. The lowest BCUT2D eigenvalue weighted by Crippen LogP contribution is -2.48. The highest BCUT2D eigenvalue weighted by molar-refractivity contribution is 5.95. The molecule has 2 heterocycles. The SMILES string of the molecule is O=C(O)C1CCN(C(=O)NC2CCOC2)c2ccccc21. The number of carbonyl (C=O) groups excluding carboxylic acids is 1. The van der Waals surface area contributed by atoms with Gasteiger partial charge in [0.05, 0.1) is 18.6 Å². The van der Waals surface area contributed by atoms with Crippen LogP contribution in [0.3, 0.4) is 0 Å². The smallest absolute Gasteiger partial charge is 0.322 e. The molecule has 0 aromatic heterocycles. The Morgan fingerprint density at radius 2 is 2.10 bits per heavy atom. The number of hydrogen-bond acceptors (Lipinski definition) is 3. The lowest BCUT2D eigenvalue weighted by molar-refractivity contribution is -0.139. The van der Waals surface area contributed by atoms with Gasteiger partial charge in [0.1, 0.15) is 0 Å². The number of benzene rings is 1. The Morgan fingerprint density at radius 1 is 1.29 bits per heavy atom. The summed E-state index contributed by atoms with van der Waals surface area (Å²) in [5.74, 6) is -1.38. The van der Waals surface area contributed by atoms with E-state index in [1.54, 1.807) is 23.1 Å². The van der Waals surface area contributed by atoms with Gasteiger partial charge >= 0.3 is 12.0 Å². The fourth-order valence-electron chi connectivity index (χ4n) is 2.93. The van der Waals surface area contributed by atoms with Crippen LogP contribution in [0.4, 0.5) is 10.5 Å². The van der Waals surface area contributed by atoms with E-state index in [1.807, 2.05) is 6.07 Å². The molecule has 1 saturated heterocycles. The highest BCUT2D eigenvalue weighted by Gasteiger charge is 2.33. The number of fused-ring (bicyclic) bond motifs is 1. The summed E-state index contributed by atoms with van der Waals surface area (Å²) in [6.07, 6.45) is 1.25. The molecule has 6 nitrogen and oxygen atoms in total. The average Bonchev–Trinajstić information content (AvgIpc) is 2.98. The molecular weight excluding hydrogens is 272 g/mol. The summed E-state index contributed by atoms with van der Waals surface area (Å²) in [6.45, 7) is 1.62. The number of ether oxygens (including phenoxy) is 1. The number of nitrogens with zero attached hydrogens (tertiary/aromatic N) is 1. The Balaban J connectivity index is 1.81. The van der Waals surface area contributed by atoms with Crippen molar-refractivity contribution in [3.8, 4) is 0 Å². The molecule has 1 aromatic carbocycles. The summed E-state index contributed by atoms with van der Waals surface area (Å²) in [7, 11) is 0. The van der Waals surface area contributed by atoms with Gasteiger partial charge in [-0.3, -0.25) is 9.69 Å². The van der Waals surface area contributed by atoms with Gasteiger partial charge < -0.3 is 15.2 Å². The molecule has 2 atom stereocenters. The Bertz CT molecular complexity index is 554. The summed E-state index contributed by atoms with van der Waals surface area (Å²) in [5, 5.41) is 12.3. The van der Waals surface area contributed by atoms with E-state index in [2.05, 4.69) is 5.32 Å². The van der Waals surface area contributed by atoms with Crippen molar-refractivity contribution in [1.29, 1.82) is 0 Å². The van der Waals surface area contributed by atoms with Crippen LogP contribution in [0.25, 0.3) is 0 Å². The third kappa shape index (κ3) is 2.71. The number of nitrogens with one attached hydrogen (secondary N) is 1. The van der Waals surface area contributed by atoms with E-state index in [-0.39, 0.29) is 12.1 Å². The van der Waals surface area contributed by atoms with Crippen molar-refractivity contribution in [2.75, 3.05) is 24.7 Å². The maximum atomic E-state index is 12.4. The fraction of sp³-hybridized carbons (Fsp3) is 0.467. The molecule has 3 rings (SSSR count). The number of urea groups is 1. The van der Waals surface area contributed by atoms with Crippen molar-refractivity contribution < 1.29 is 19.4 Å². The first-order valence-electron chi connectivity index (χ1n) is 7.14. The molecule has 2 aliphatic heterocycles. The lowest BCUT2D eigenvalue weighted by atomic mass is 9.90. The number of hydrogen-bond donors (Lipinski definition) is 2. The monoisotopic (exact) mass is 290 g/mol. The summed E-state index contributed by atoms with van der Waals surface area (Å²) >= 11 is 0. The van der Waals surface area contributed by atoms with Crippen LogP contribution in [0, 0.1) is 0 Å². The molecule has 0 bridgehead atoms. The van der Waals surface area contributed by atoms with Crippen LogP contribution >= 0.6 is 0 Å². The minimum absolute atomic E-state index is 0.0434. The second-order valence-corrected chi connectivity index (χ2v) is 5.40. The third-order valence-corrected chi connectivity index (χ3v) is 4.04. The predicted octanol–water partition coefficient (Wildman–Crippen LogP) is 1.56. The molecular formula is C15H18N2O4. The minimum Gasteiger partial charge on any atom is -0.481 e. The minimum atomic E-state index is -0.841. The van der Waals surface area contributed by atoms with E-state index in [4.69, 9.17) is 4.74 Å². The number of aliphatic carboxylic acids is 1. The molecule has 1 aromatic rings. The van der Waals surface area contributed by atoms with Gasteiger partial charge in [0.2, 0.25) is 0 Å². The van der Waals surface area contributed by atoms with Crippen LogP contribution in [0.5, 0.6) is 0 Å². The zero-order valence-corrected chi connectivity index (χ0v) is 11.6. The predicted molar refractivity (Wildman–Crippen MR) is 76.5 cm³/mol. The van der Waals surface area contributed by atoms with Gasteiger partial charge in [-0.1, -0.05) is 18.2 Å². The fourth-order valence-corrected chi connectivity index (χ4v) is 2.93. The molecule has 2 amide bonds. The van der Waals surface area contributed by atoms with E-state index < -0.39 is 11.9 Å². The summed E-state index contributed by atoms with van der Waals surface area (Å²) in [4.78, 5) is 25.4. The van der Waals surface area contributed by atoms with Crippen LogP contribution in [-0.2, 0) is 9.53 Å². The summed E-state index contributed by atoms with van der Waals surface area (Å²) < 4.78 is 5.25. The van der Waals surface area contributed by atoms with E-state index in [0.717, 1.165) is 6.42 Å². The third-order valence-electron chi connectivity index (χ3n) is 4.04. The number of carboxylic acid groups (broad SMARTS) is 1. The second-order valence-electron chi connectivity index (χ2n) is 5.40. The zero-order valence-electron chi connectivity index (χ0n) is 11.6. The average molecular weight is 290 g/mol. The van der Waals surface area contributed by atoms with Crippen molar-refractivity contribution in [2.45, 2.75) is 24.8 Å². The number of para-hydroxylation sites is 1. The number of carbonyl (C=O) groups is 2. The zero-order chi connectivity index (χ0) is 14.8. The molecule has 2 aliphatic rings. The number of amides is 2. The molecule has 0 aliphatic carbocycles. The molecule has 21 heavy (non-hydrogen) atoms. The normalized spacial score (nSPS) is 24.5. The highest BCUT2D eigenvalue weighted by atomic mass is 16.5. The van der Waals surface area contributed by atoms with E-state index in [0.29, 0.717) is 37.4 Å². The Labute approximate surface area is 122 Å². The van der Waals surface area contributed by atoms with E-state index in [1.165, 1.54) is 0 Å². The van der Waals surface area contributed by atoms with Crippen molar-refractivity contribution >= 4 is 17.7 Å². The van der Waals surface area contributed by atoms with Crippen molar-refractivity contribution in [3.05, 3.63) is 29.8 Å². The molecule has 6 heteroatoms. The molecule has 0 spiro atoms. The maximum absolute atomic E-state index is 12.4. The first-order valence-corrected chi connectivity index (χ1v) is 7.14. The maximum Gasteiger partial charge on any atom is 0.322 e. The van der Waals surface area contributed by atoms with Gasteiger partial charge in [-0.2, -0.15) is 0 Å². The van der Waals surface area contributed by atoms with Crippen molar-refractivity contribution in [3.63, 3.8) is 0 Å². The molecule has 0 radical (unpaired) electrons. The Morgan fingerprint density at radius 3 is 2.81 bits per heavy atom. The first kappa shape index (κ1) is 13.9. The van der Waals surface area contributed by atoms with Crippen molar-refractivity contribution in [1.82, 2.24) is 5.32 Å². The number of anilines is 1. The van der Waals surface area contributed by atoms with Gasteiger partial charge in [0.15, 0.2) is 0 Å². The van der Waals surface area contributed by atoms with Crippen LogP contribution in [-0.4, -0.2) is 42.9 Å². The van der Waals surface area contributed by atoms with E-state index >= 15 is 0 Å². The van der Waals surface area contributed by atoms with Gasteiger partial charge in [-0.25, -0.2) is 4.79 Å². The van der Waals surface area contributed by atoms with Crippen LogP contribution in [0.1, 0.15) is 24.3 Å². The largest absolute Gasteiger partial charge is 0.481 e. The van der Waals surface area contributed by atoms with Gasteiger partial charge in [0.25, 0.3) is 0 Å². The van der Waals surface area contributed by atoms with Crippen LogP contribution in [0.2, 0.25) is 0 Å². The molecule has 1 fully saturated rings. The number of rotatable bonds is 2. The molecule has 2 N–H and O–H groups in total. The first-order chi connectivity index (χ1) is 10.2. The summed E-state index contributed by atoms with van der Waals surface area (Å²) in [6, 6.07) is 7.08. The molecule has 112 valence electrons. The standard InChI is InChI=1S/C15H18N2O4/c18-14(19)12-5-7-17(13-4-2-1-3-11(12)13)15(20)16-10-6-8-21-9-10/h1-4,10,12H,5-9H2,(H,16,20)(H,18,19). The lowest BCUT2D eigenvalue weighted by Gasteiger charge is -2.33. The van der Waals surface area contributed by atoms with Crippen LogP contribution < -0.4 is 10.2 Å². The quantitative estimate of drug-likeness (QED) is 0.866. The molecule has 2 unspecified atom stereocenters. The van der Waals surface area contributed by atoms with Crippen LogP contribution in [0.15, 0.2) is 24.3 Å². The van der Waals surface area contributed by atoms with Gasteiger partial charge in [-0.05, 0) is 24.5 Å². The summed E-state index contributed by atoms with van der Waals surface area (Å²) in [5.41, 5.74) is 1.39. The number of carboxylic acids is 1. The Hall–Kier alpha value is -2.08. The second kappa shape index (κ2) is 5.73. The van der Waals surface area contributed by atoms with Gasteiger partial charge in [0, 0.05) is 18.8 Å². The Kier molecular flexibility index (Phi) is 3.79. The molecule has 0 saturated carbocycles.